The number of nitrogens with two attached hydrogens (primary N) is 2. The first-order valence-corrected chi connectivity index (χ1v) is 27.1. The Hall–Kier alpha value is -5.43. The minimum atomic E-state index is -0.917. The van der Waals surface area contributed by atoms with Crippen molar-refractivity contribution in [3.8, 4) is 10.4 Å². The van der Waals surface area contributed by atoms with Gasteiger partial charge in [-0.15, -0.1) is 22.7 Å². The molecule has 0 bridgehead atoms. The summed E-state index contributed by atoms with van der Waals surface area (Å²) >= 11 is 3.13. The van der Waals surface area contributed by atoms with E-state index in [2.05, 4.69) is 45.9 Å². The van der Waals surface area contributed by atoms with Gasteiger partial charge in [-0.25, -0.2) is 15.0 Å². The zero-order valence-corrected chi connectivity index (χ0v) is 44.0. The van der Waals surface area contributed by atoms with Crippen LogP contribution < -0.4 is 21.7 Å². The van der Waals surface area contributed by atoms with Crippen molar-refractivity contribution < 1.29 is 24.5 Å². The van der Waals surface area contributed by atoms with Gasteiger partial charge in [-0.2, -0.15) is 0 Å². The van der Waals surface area contributed by atoms with Crippen LogP contribution in [0.3, 0.4) is 0 Å². The van der Waals surface area contributed by atoms with E-state index in [1.165, 1.54) is 22.3 Å². The lowest BCUT2D eigenvalue weighted by Crippen LogP contribution is -2.48. The molecule has 2 saturated heterocycles. The summed E-state index contributed by atoms with van der Waals surface area (Å²) in [7, 11) is 0. The third kappa shape index (κ3) is 12.4. The van der Waals surface area contributed by atoms with Crippen molar-refractivity contribution in [3.05, 3.63) is 81.3 Å². The summed E-state index contributed by atoms with van der Waals surface area (Å²) in [5.41, 5.74) is 19.6. The van der Waals surface area contributed by atoms with Gasteiger partial charge < -0.3 is 51.8 Å². The number of carbonyl (C=O) groups is 2. The molecule has 71 heavy (non-hydrogen) atoms. The number of aromatic nitrogens is 3. The number of aliphatic hydroxyl groups is 2. The number of fused-ring (bicyclic) bond motifs is 1. The van der Waals surface area contributed by atoms with Crippen LogP contribution in [0.4, 0.5) is 16.6 Å². The molecular weight excluding hydrogens is 935 g/mol. The number of ether oxygens (including phenoxy) is 1. The normalized spacial score (nSPS) is 21.1. The summed E-state index contributed by atoms with van der Waals surface area (Å²) in [6, 6.07) is 9.31. The molecule has 2 aliphatic heterocycles. The Morgan fingerprint density at radius 1 is 1.07 bits per heavy atom. The second-order valence-corrected chi connectivity index (χ2v) is 22.3. The van der Waals surface area contributed by atoms with Gasteiger partial charge in [-0.1, -0.05) is 58.4 Å². The molecule has 5 heterocycles. The molecule has 2 fully saturated rings. The molecular formula is C53H75N11O5S2. The Morgan fingerprint density at radius 2 is 1.85 bits per heavy atom. The van der Waals surface area contributed by atoms with E-state index < -0.39 is 23.5 Å². The summed E-state index contributed by atoms with van der Waals surface area (Å²) in [5.74, 6) is -1.76. The molecule has 1 aromatic carbocycles. The van der Waals surface area contributed by atoms with Crippen molar-refractivity contribution in [3.63, 3.8) is 0 Å². The fourth-order valence-electron chi connectivity index (χ4n) is 10.9. The number of aliphatic hydroxyl groups excluding tert-OH is 2. The van der Waals surface area contributed by atoms with Crippen LogP contribution in [-0.4, -0.2) is 116 Å². The number of likely N-dealkylation sites (tertiary alicyclic amines) is 1. The number of carbonyl (C=O) groups excluding carboxylic acids is 2. The van der Waals surface area contributed by atoms with E-state index in [1.807, 2.05) is 50.5 Å². The number of rotatable bonds is 20. The molecule has 6 atom stereocenters. The predicted octanol–water partition coefficient (Wildman–Crippen LogP) is 8.27. The molecule has 3 aliphatic rings. The molecule has 7 rings (SSSR count). The van der Waals surface area contributed by atoms with E-state index in [4.69, 9.17) is 32.0 Å². The van der Waals surface area contributed by atoms with Gasteiger partial charge in [0, 0.05) is 54.8 Å². The average Bonchev–Trinajstić information content (AvgIpc) is 4.06. The van der Waals surface area contributed by atoms with Gasteiger partial charge in [0.1, 0.15) is 16.8 Å². The number of thiazole rings is 1. The SMILES string of the molecule is CCC(CC(=N)c1ccnc(N2CCCN(CCCCOC(=N)/C=C(\O)[C@H](C(=O)N3CCC[C@H]3C(=O)NCc3ccc(-c4scnc4C)cc3)C(C)C)C[C@@H]2C)n1)C(O)[C@@]1(C)CCCc2sc(N)c(N)c21. The minimum Gasteiger partial charge on any atom is -0.511 e. The number of hydrogen-bond acceptors (Lipinski definition) is 16. The number of aryl methyl sites for hydroxylation is 2. The first kappa shape index (κ1) is 53.4. The number of benzene rings is 1. The molecule has 0 spiro atoms. The highest BCUT2D eigenvalue weighted by atomic mass is 32.1. The number of nitrogen functional groups attached to an aromatic ring is 2. The summed E-state index contributed by atoms with van der Waals surface area (Å²) < 4.78 is 5.73. The molecule has 0 radical (unpaired) electrons. The van der Waals surface area contributed by atoms with Crippen molar-refractivity contribution in [2.75, 3.05) is 55.7 Å². The largest absolute Gasteiger partial charge is 0.511 e. The van der Waals surface area contributed by atoms with Gasteiger partial charge in [0.2, 0.25) is 23.7 Å². The van der Waals surface area contributed by atoms with Crippen molar-refractivity contribution in [1.82, 2.24) is 30.1 Å². The molecule has 9 N–H and O–H groups in total. The predicted molar refractivity (Wildman–Crippen MR) is 285 cm³/mol. The van der Waals surface area contributed by atoms with E-state index >= 15 is 0 Å². The van der Waals surface area contributed by atoms with E-state index in [0.29, 0.717) is 79.8 Å². The van der Waals surface area contributed by atoms with Gasteiger partial charge in [-0.3, -0.25) is 15.0 Å². The highest BCUT2D eigenvalue weighted by molar-refractivity contribution is 7.16. The molecule has 16 nitrogen and oxygen atoms in total. The van der Waals surface area contributed by atoms with Crippen LogP contribution >= 0.6 is 22.7 Å². The Kier molecular flexibility index (Phi) is 17.9. The van der Waals surface area contributed by atoms with Gasteiger partial charge in [-0.05, 0) is 119 Å². The van der Waals surface area contributed by atoms with Gasteiger partial charge >= 0.3 is 0 Å². The van der Waals surface area contributed by atoms with Gasteiger partial charge in [0.25, 0.3) is 0 Å². The van der Waals surface area contributed by atoms with E-state index in [9.17, 15) is 19.8 Å². The maximum absolute atomic E-state index is 14.0. The quantitative estimate of drug-likeness (QED) is 0.0192. The van der Waals surface area contributed by atoms with Crippen molar-refractivity contribution in [2.24, 2.45) is 17.8 Å². The molecule has 18 heteroatoms. The Morgan fingerprint density at radius 3 is 2.56 bits per heavy atom. The molecule has 384 valence electrons. The molecule has 2 amide bonds. The Bertz CT molecular complexity index is 2530. The molecule has 2 unspecified atom stereocenters. The summed E-state index contributed by atoms with van der Waals surface area (Å²) in [6.45, 7) is 16.4. The van der Waals surface area contributed by atoms with Crippen molar-refractivity contribution in [1.29, 1.82) is 10.8 Å². The van der Waals surface area contributed by atoms with E-state index in [-0.39, 0.29) is 41.3 Å². The van der Waals surface area contributed by atoms with E-state index in [0.717, 1.165) is 85.5 Å². The first-order valence-electron chi connectivity index (χ1n) is 25.4. The summed E-state index contributed by atoms with van der Waals surface area (Å²) in [5, 5.41) is 44.4. The van der Waals surface area contributed by atoms with Crippen molar-refractivity contribution in [2.45, 2.75) is 136 Å². The van der Waals surface area contributed by atoms with Crippen LogP contribution in [0.2, 0.25) is 0 Å². The second-order valence-electron chi connectivity index (χ2n) is 20.3. The van der Waals surface area contributed by atoms with E-state index in [1.54, 1.807) is 28.5 Å². The molecule has 4 aromatic rings. The standard InChI is InChI=1S/C53H75N11O5S2/c1-7-36(48(66)53(6)20-10-14-42-45(53)46(56)49(57)71-42)27-38(54)39-19-21-58-52(61-39)63-25-12-23-62(30-33(63)4)22-8-9-26-69-43(55)28-41(65)44(32(2)3)51(68)64-24-11-13-40(64)50(67)59-29-35-15-17-37(18-16-35)47-34(5)60-31-70-47/h15-19,21,28,31-33,36,40,44,48,54-55,65-66H,7-14,20,22-27,29-30,56-57H2,1-6H3,(H,59,67)/b41-28-,54-38?,55-43?/t33-,36?,40-,44+,48?,53-/m0/s1. The highest BCUT2D eigenvalue weighted by Gasteiger charge is 2.45. The van der Waals surface area contributed by atoms with Crippen LogP contribution in [0, 0.1) is 35.5 Å². The monoisotopic (exact) mass is 1010 g/mol. The maximum atomic E-state index is 14.0. The fraction of sp³-hybridized carbons (Fsp3) is 0.566. The van der Waals surface area contributed by atoms with Crippen LogP contribution in [0.5, 0.6) is 0 Å². The topological polar surface area (TPSA) is 244 Å². The number of hydrogen-bond donors (Lipinski definition) is 7. The number of anilines is 3. The van der Waals surface area contributed by atoms with Crippen molar-refractivity contribution >= 4 is 62.7 Å². The number of amides is 2. The summed E-state index contributed by atoms with van der Waals surface area (Å²) in [4.78, 5) is 49.8. The number of nitrogens with one attached hydrogen (secondary N) is 3. The fourth-order valence-corrected chi connectivity index (χ4v) is 12.9. The third-order valence-corrected chi connectivity index (χ3v) is 16.9. The van der Waals surface area contributed by atoms with Crippen LogP contribution in [0.1, 0.15) is 120 Å². The first-order chi connectivity index (χ1) is 34.0. The molecule has 3 aromatic heterocycles. The number of thiophene rings is 1. The van der Waals surface area contributed by atoms with Crippen LogP contribution in [0.25, 0.3) is 10.4 Å². The molecule has 0 saturated carbocycles. The van der Waals surface area contributed by atoms with Crippen LogP contribution in [-0.2, 0) is 32.7 Å². The lowest BCUT2D eigenvalue weighted by atomic mass is 9.65. The Balaban J connectivity index is 0.848. The highest BCUT2D eigenvalue weighted by Crippen LogP contribution is 2.50. The minimum absolute atomic E-state index is 0.123. The maximum Gasteiger partial charge on any atom is 0.243 e. The Labute approximate surface area is 427 Å². The molecule has 1 aliphatic carbocycles. The summed E-state index contributed by atoms with van der Waals surface area (Å²) in [6.07, 6.45) is 9.74. The lowest BCUT2D eigenvalue weighted by molar-refractivity contribution is -0.142. The second kappa shape index (κ2) is 23.9. The zero-order valence-electron chi connectivity index (χ0n) is 42.4. The van der Waals surface area contributed by atoms with Gasteiger partial charge in [0.05, 0.1) is 51.8 Å². The average molecular weight is 1010 g/mol. The zero-order chi connectivity index (χ0) is 51.0. The smallest absolute Gasteiger partial charge is 0.243 e. The third-order valence-electron chi connectivity index (χ3n) is 14.9. The number of unbranched alkanes of at least 4 members (excludes halogenated alkanes) is 1. The number of nitrogens with zero attached hydrogens (tertiary/aromatic N) is 6. The van der Waals surface area contributed by atoms with Crippen LogP contribution in [0.15, 0.2) is 53.9 Å². The van der Waals surface area contributed by atoms with Gasteiger partial charge in [0.15, 0.2) is 0 Å². The lowest BCUT2D eigenvalue weighted by Gasteiger charge is -2.42.